The molecule has 2 aromatic carbocycles. The van der Waals surface area contributed by atoms with Crippen LogP contribution in [0.1, 0.15) is 102 Å². The first kappa shape index (κ1) is 43.2. The Morgan fingerprint density at radius 1 is 0.772 bits per heavy atom. The number of ketones is 1. The third-order valence-electron chi connectivity index (χ3n) is 12.2. The van der Waals surface area contributed by atoms with Crippen molar-refractivity contribution in [3.63, 3.8) is 0 Å². The molecule has 310 valence electrons. The van der Waals surface area contributed by atoms with E-state index in [1.807, 2.05) is 67.6 Å². The van der Waals surface area contributed by atoms with Crippen LogP contribution in [0, 0.1) is 35.0 Å². The van der Waals surface area contributed by atoms with Crippen LogP contribution in [0.2, 0.25) is 0 Å². The van der Waals surface area contributed by atoms with Crippen LogP contribution in [0.25, 0.3) is 0 Å². The maximum Gasteiger partial charge on any atom is 0.407 e. The topological polar surface area (TPSA) is 221 Å². The molecule has 0 aliphatic heterocycles. The number of carbonyl (C=O) groups is 5. The van der Waals surface area contributed by atoms with Crippen LogP contribution in [0.5, 0.6) is 0 Å². The van der Waals surface area contributed by atoms with Crippen LogP contribution < -0.4 is 33.2 Å². The first-order chi connectivity index (χ1) is 27.4. The van der Waals surface area contributed by atoms with Gasteiger partial charge >= 0.3 is 6.09 Å². The van der Waals surface area contributed by atoms with Gasteiger partial charge in [-0.3, -0.25) is 24.2 Å². The van der Waals surface area contributed by atoms with E-state index in [1.165, 1.54) is 38.5 Å². The fourth-order valence-electron chi connectivity index (χ4n) is 9.97. The fourth-order valence-corrected chi connectivity index (χ4v) is 9.97. The second kappa shape index (κ2) is 21.0. The Bertz CT molecular complexity index is 1650. The minimum Gasteiger partial charge on any atom is -0.445 e. The summed E-state index contributed by atoms with van der Waals surface area (Å²) < 4.78 is 5.24. The molecule has 4 aliphatic rings. The summed E-state index contributed by atoms with van der Waals surface area (Å²) in [6.45, 7) is 2.73. The molecule has 0 radical (unpaired) electrons. The quantitative estimate of drug-likeness (QED) is 0.0528. The molecule has 4 amide bonds. The molecule has 4 fully saturated rings. The van der Waals surface area contributed by atoms with E-state index in [9.17, 15) is 24.0 Å². The summed E-state index contributed by atoms with van der Waals surface area (Å²) in [5, 5.41) is 8.58. The molecule has 9 N–H and O–H groups in total. The van der Waals surface area contributed by atoms with Crippen molar-refractivity contribution in [2.45, 2.75) is 116 Å². The number of hydrogen-bond donors (Lipinski definition) is 6. The number of carbonyl (C=O) groups excluding carboxylic acids is 5. The second-order valence-electron chi connectivity index (χ2n) is 17.0. The molecule has 13 heteroatoms. The standard InChI is InChI=1S/C44H63N7O6/c1-29(24-44-25-32-19-33(26-44)21-34(20-32)27-44)40(54)50-36(16-10-18-48-42(46)47)38(52)23-35(22-30-11-4-2-5-12-30)41(55)51-37(39(45)53)15-8-9-17-49-43(56)57-28-31-13-6-3-7-14-31/h2-7,11-14,29,32-37H,8-10,15-28H2,1H3,(H2,45,53)(H,49,56)(H,50,54)(H,51,55)(H4,46,47,48)/t29-,32?,33?,34?,35+,36+,37-,44?/m0/s1. The number of unbranched alkanes of at least 4 members (excludes halogenated alkanes) is 1. The van der Waals surface area contributed by atoms with Gasteiger partial charge < -0.3 is 37.9 Å². The molecule has 0 heterocycles. The van der Waals surface area contributed by atoms with Gasteiger partial charge in [-0.25, -0.2) is 4.79 Å². The molecular formula is C44H63N7O6. The van der Waals surface area contributed by atoms with E-state index >= 15 is 0 Å². The highest BCUT2D eigenvalue weighted by Gasteiger charge is 2.51. The molecule has 0 aromatic heterocycles. The van der Waals surface area contributed by atoms with E-state index in [0.29, 0.717) is 38.8 Å². The van der Waals surface area contributed by atoms with E-state index in [1.54, 1.807) is 0 Å². The van der Waals surface area contributed by atoms with Gasteiger partial charge in [0, 0.05) is 31.3 Å². The molecule has 4 aliphatic carbocycles. The smallest absolute Gasteiger partial charge is 0.407 e. The lowest BCUT2D eigenvalue weighted by Crippen LogP contribution is -2.50. The van der Waals surface area contributed by atoms with E-state index in [0.717, 1.165) is 35.3 Å². The first-order valence-corrected chi connectivity index (χ1v) is 20.8. The van der Waals surface area contributed by atoms with Crippen molar-refractivity contribution >= 4 is 35.6 Å². The van der Waals surface area contributed by atoms with Crippen molar-refractivity contribution in [1.82, 2.24) is 16.0 Å². The van der Waals surface area contributed by atoms with Gasteiger partial charge in [0.05, 0.1) is 6.04 Å². The van der Waals surface area contributed by atoms with Gasteiger partial charge in [0.2, 0.25) is 17.7 Å². The molecule has 2 aromatic rings. The van der Waals surface area contributed by atoms with Gasteiger partial charge in [-0.15, -0.1) is 0 Å². The van der Waals surface area contributed by atoms with Gasteiger partial charge in [-0.05, 0) is 118 Å². The Labute approximate surface area is 337 Å². The number of hydrogen-bond acceptors (Lipinski definition) is 7. The average molecular weight is 786 g/mol. The summed E-state index contributed by atoms with van der Waals surface area (Å²) >= 11 is 0. The molecule has 57 heavy (non-hydrogen) atoms. The van der Waals surface area contributed by atoms with E-state index in [2.05, 4.69) is 20.9 Å². The van der Waals surface area contributed by atoms with E-state index in [-0.39, 0.29) is 54.9 Å². The number of rotatable bonds is 23. The number of guanidine groups is 1. The molecule has 0 unspecified atom stereocenters. The Hall–Kier alpha value is -4.94. The Balaban J connectivity index is 1.18. The van der Waals surface area contributed by atoms with Crippen LogP contribution in [-0.2, 0) is 36.9 Å². The number of aliphatic imine (C=N–C) groups is 1. The minimum atomic E-state index is -0.976. The zero-order valence-electron chi connectivity index (χ0n) is 33.5. The summed E-state index contributed by atoms with van der Waals surface area (Å²) in [7, 11) is 0. The van der Waals surface area contributed by atoms with E-state index < -0.39 is 35.9 Å². The maximum absolute atomic E-state index is 14.2. The number of primary amides is 1. The molecule has 13 nitrogen and oxygen atoms in total. The monoisotopic (exact) mass is 785 g/mol. The molecule has 6 rings (SSSR count). The molecule has 4 bridgehead atoms. The number of alkyl carbamates (subject to hydrolysis) is 1. The summed E-state index contributed by atoms with van der Waals surface area (Å²) in [4.78, 5) is 70.6. The maximum atomic E-state index is 14.2. The largest absolute Gasteiger partial charge is 0.445 e. The predicted molar refractivity (Wildman–Crippen MR) is 219 cm³/mol. The average Bonchev–Trinajstić information content (AvgIpc) is 3.17. The summed E-state index contributed by atoms with van der Waals surface area (Å²) in [5.41, 5.74) is 18.8. The lowest BCUT2D eigenvalue weighted by atomic mass is 9.48. The SMILES string of the molecule is C[C@@H](CC12CC3CC(CC(C3)C1)C2)C(=O)N[C@H](CCCN=C(N)N)C(=O)C[C@@H](Cc1ccccc1)C(=O)N[C@@H](CCCCNC(=O)OCc1ccccc1)C(N)=O. The number of Topliss-reactive ketones (excluding diaryl/α,β-unsaturated/α-hetero) is 1. The zero-order valence-corrected chi connectivity index (χ0v) is 33.5. The zero-order chi connectivity index (χ0) is 40.8. The van der Waals surface area contributed by atoms with Crippen molar-refractivity contribution in [1.29, 1.82) is 0 Å². The highest BCUT2D eigenvalue weighted by molar-refractivity contribution is 5.94. The third-order valence-corrected chi connectivity index (χ3v) is 12.2. The molecule has 0 saturated heterocycles. The molecule has 4 saturated carbocycles. The number of ether oxygens (including phenoxy) is 1. The van der Waals surface area contributed by atoms with Crippen molar-refractivity contribution in [2.75, 3.05) is 13.1 Å². The van der Waals surface area contributed by atoms with Crippen LogP contribution >= 0.6 is 0 Å². The lowest BCUT2D eigenvalue weighted by Gasteiger charge is -2.57. The molecular weight excluding hydrogens is 723 g/mol. The summed E-state index contributed by atoms with van der Waals surface area (Å²) in [6.07, 6.45) is 9.96. The van der Waals surface area contributed by atoms with E-state index in [4.69, 9.17) is 21.9 Å². The van der Waals surface area contributed by atoms with Gasteiger partial charge in [-0.2, -0.15) is 0 Å². The predicted octanol–water partition coefficient (Wildman–Crippen LogP) is 4.65. The Morgan fingerprint density at radius 3 is 1.95 bits per heavy atom. The van der Waals surface area contributed by atoms with Crippen LogP contribution in [-0.4, -0.2) is 60.7 Å². The summed E-state index contributed by atoms with van der Waals surface area (Å²) in [6, 6.07) is 16.9. The third kappa shape index (κ3) is 13.6. The fraction of sp³-hybridized carbons (Fsp3) is 0.591. The van der Waals surface area contributed by atoms with Crippen LogP contribution in [0.4, 0.5) is 4.79 Å². The molecule has 0 spiro atoms. The van der Waals surface area contributed by atoms with Crippen molar-refractivity contribution in [2.24, 2.45) is 57.2 Å². The van der Waals surface area contributed by atoms with Crippen LogP contribution in [0.15, 0.2) is 65.7 Å². The number of nitrogens with two attached hydrogens (primary N) is 3. The van der Waals surface area contributed by atoms with Gasteiger partial charge in [-0.1, -0.05) is 67.6 Å². The van der Waals surface area contributed by atoms with Crippen molar-refractivity contribution in [3.8, 4) is 0 Å². The van der Waals surface area contributed by atoms with Gasteiger partial charge in [0.1, 0.15) is 12.6 Å². The Kier molecular flexibility index (Phi) is 15.9. The number of nitrogens with zero attached hydrogens (tertiary/aromatic N) is 1. The first-order valence-electron chi connectivity index (χ1n) is 20.8. The van der Waals surface area contributed by atoms with Crippen LogP contribution in [0.3, 0.4) is 0 Å². The number of nitrogens with one attached hydrogen (secondary N) is 3. The lowest BCUT2D eigenvalue weighted by molar-refractivity contribution is -0.135. The highest BCUT2D eigenvalue weighted by Crippen LogP contribution is 2.62. The number of amides is 4. The second-order valence-corrected chi connectivity index (χ2v) is 17.0. The number of benzene rings is 2. The Morgan fingerprint density at radius 2 is 1.35 bits per heavy atom. The van der Waals surface area contributed by atoms with Gasteiger partial charge in [0.15, 0.2) is 11.7 Å². The van der Waals surface area contributed by atoms with Crippen molar-refractivity contribution < 1.29 is 28.7 Å². The normalized spacial score (nSPS) is 22.6. The van der Waals surface area contributed by atoms with Crippen molar-refractivity contribution in [3.05, 3.63) is 71.8 Å². The molecule has 4 atom stereocenters. The highest BCUT2D eigenvalue weighted by atomic mass is 16.5. The van der Waals surface area contributed by atoms with Gasteiger partial charge in [0.25, 0.3) is 0 Å². The summed E-state index contributed by atoms with van der Waals surface area (Å²) in [5.74, 6) is -0.403. The minimum absolute atomic E-state index is 0.0488.